The minimum absolute atomic E-state index is 0.459. The maximum Gasteiger partial charge on any atom is 0.406 e. The minimum Gasteiger partial charge on any atom is -0.324 e. The van der Waals surface area contributed by atoms with Crippen LogP contribution in [0.2, 0.25) is 0 Å². The van der Waals surface area contributed by atoms with Gasteiger partial charge in [0.25, 0.3) is 0 Å². The fraction of sp³-hybridized carbons (Fsp3) is 0.667. The molecule has 0 bridgehead atoms. The van der Waals surface area contributed by atoms with Crippen molar-refractivity contribution >= 4 is 0 Å². The van der Waals surface area contributed by atoms with Gasteiger partial charge < -0.3 is 9.88 Å². The summed E-state index contributed by atoms with van der Waals surface area (Å²) < 4.78 is 37.6. The molecule has 84 valence electrons. The highest BCUT2D eigenvalue weighted by molar-refractivity contribution is 4.99. The third-order valence-electron chi connectivity index (χ3n) is 2.30. The molecule has 3 nitrogen and oxygen atoms in total. The van der Waals surface area contributed by atoms with Crippen LogP contribution in [0.25, 0.3) is 0 Å². The zero-order valence-electron chi connectivity index (χ0n) is 8.09. The zero-order valence-corrected chi connectivity index (χ0v) is 8.09. The Labute approximate surface area is 85.3 Å². The predicted molar refractivity (Wildman–Crippen MR) is 48.1 cm³/mol. The maximum absolute atomic E-state index is 12.1. The smallest absolute Gasteiger partial charge is 0.324 e. The zero-order chi connectivity index (χ0) is 10.9. The number of nitrogens with one attached hydrogen (secondary N) is 1. The van der Waals surface area contributed by atoms with Crippen LogP contribution in [0.15, 0.2) is 12.5 Å². The van der Waals surface area contributed by atoms with Crippen LogP contribution < -0.4 is 5.32 Å². The second kappa shape index (κ2) is 3.84. The number of alkyl halides is 3. The SMILES string of the molecule is FC(F)(F)Cn1cncc1CNC1CC1. The van der Waals surface area contributed by atoms with Crippen molar-refractivity contribution in [1.29, 1.82) is 0 Å². The molecule has 0 aliphatic heterocycles. The summed E-state index contributed by atoms with van der Waals surface area (Å²) in [4.78, 5) is 3.73. The number of aromatic nitrogens is 2. The summed E-state index contributed by atoms with van der Waals surface area (Å²) in [6.07, 6.45) is 0.744. The Kier molecular flexibility index (Phi) is 2.68. The van der Waals surface area contributed by atoms with Crippen molar-refractivity contribution in [2.45, 2.75) is 38.1 Å². The van der Waals surface area contributed by atoms with E-state index in [2.05, 4.69) is 10.3 Å². The second-order valence-electron chi connectivity index (χ2n) is 3.78. The van der Waals surface area contributed by atoms with Crippen LogP contribution in [0.5, 0.6) is 0 Å². The Morgan fingerprint density at radius 3 is 2.80 bits per heavy atom. The summed E-state index contributed by atoms with van der Waals surface area (Å²) in [6, 6.07) is 0.485. The van der Waals surface area contributed by atoms with E-state index in [1.165, 1.54) is 12.5 Å². The summed E-state index contributed by atoms with van der Waals surface area (Å²) in [5.74, 6) is 0. The van der Waals surface area contributed by atoms with E-state index in [0.29, 0.717) is 18.3 Å². The van der Waals surface area contributed by atoms with Crippen LogP contribution in [0, 0.1) is 0 Å². The molecule has 1 aromatic heterocycles. The molecule has 0 saturated heterocycles. The molecule has 1 heterocycles. The van der Waals surface area contributed by atoms with E-state index in [1.807, 2.05) is 0 Å². The lowest BCUT2D eigenvalue weighted by Gasteiger charge is -2.11. The molecule has 1 N–H and O–H groups in total. The van der Waals surface area contributed by atoms with E-state index in [4.69, 9.17) is 0 Å². The number of hydrogen-bond acceptors (Lipinski definition) is 2. The first-order valence-electron chi connectivity index (χ1n) is 4.84. The monoisotopic (exact) mass is 219 g/mol. The largest absolute Gasteiger partial charge is 0.406 e. The molecule has 1 aliphatic rings. The molecule has 0 spiro atoms. The van der Waals surface area contributed by atoms with Crippen LogP contribution in [0.4, 0.5) is 13.2 Å². The van der Waals surface area contributed by atoms with Crippen molar-refractivity contribution < 1.29 is 13.2 Å². The lowest BCUT2D eigenvalue weighted by atomic mass is 10.4. The van der Waals surface area contributed by atoms with Gasteiger partial charge in [0, 0.05) is 18.8 Å². The van der Waals surface area contributed by atoms with Crippen LogP contribution >= 0.6 is 0 Å². The molecular formula is C9H12F3N3. The van der Waals surface area contributed by atoms with Gasteiger partial charge in [0.15, 0.2) is 0 Å². The molecule has 1 aliphatic carbocycles. The lowest BCUT2D eigenvalue weighted by Crippen LogP contribution is -2.22. The second-order valence-corrected chi connectivity index (χ2v) is 3.78. The van der Waals surface area contributed by atoms with Gasteiger partial charge in [-0.2, -0.15) is 13.2 Å². The highest BCUT2D eigenvalue weighted by Gasteiger charge is 2.29. The number of halogens is 3. The number of imidazole rings is 1. The summed E-state index contributed by atoms with van der Waals surface area (Å²) >= 11 is 0. The van der Waals surface area contributed by atoms with Gasteiger partial charge in [-0.05, 0) is 12.8 Å². The van der Waals surface area contributed by atoms with Gasteiger partial charge in [-0.25, -0.2) is 4.98 Å². The fourth-order valence-corrected chi connectivity index (χ4v) is 1.37. The first-order chi connectivity index (χ1) is 7.04. The van der Waals surface area contributed by atoms with Crippen molar-refractivity contribution in [3.63, 3.8) is 0 Å². The molecule has 0 atom stereocenters. The molecular weight excluding hydrogens is 207 g/mol. The first kappa shape index (κ1) is 10.5. The fourth-order valence-electron chi connectivity index (χ4n) is 1.37. The molecule has 1 fully saturated rings. The Morgan fingerprint density at radius 1 is 1.47 bits per heavy atom. The lowest BCUT2D eigenvalue weighted by molar-refractivity contribution is -0.141. The molecule has 15 heavy (non-hydrogen) atoms. The highest BCUT2D eigenvalue weighted by Crippen LogP contribution is 2.21. The van der Waals surface area contributed by atoms with Crippen molar-refractivity contribution in [2.75, 3.05) is 0 Å². The average Bonchev–Trinajstić information content (AvgIpc) is 2.84. The van der Waals surface area contributed by atoms with Gasteiger partial charge in [-0.3, -0.25) is 0 Å². The Balaban J connectivity index is 1.94. The van der Waals surface area contributed by atoms with E-state index in [1.54, 1.807) is 0 Å². The van der Waals surface area contributed by atoms with Gasteiger partial charge in [0.05, 0.1) is 12.0 Å². The molecule has 6 heteroatoms. The van der Waals surface area contributed by atoms with Gasteiger partial charge in [-0.1, -0.05) is 0 Å². The minimum atomic E-state index is -4.19. The number of hydrogen-bond donors (Lipinski definition) is 1. The van der Waals surface area contributed by atoms with Crippen LogP contribution in [-0.4, -0.2) is 21.8 Å². The van der Waals surface area contributed by atoms with Crippen molar-refractivity contribution in [1.82, 2.24) is 14.9 Å². The molecule has 1 aromatic rings. The molecule has 2 rings (SSSR count). The summed E-state index contributed by atoms with van der Waals surface area (Å²) in [6.45, 7) is -0.505. The number of rotatable bonds is 4. The standard InChI is InChI=1S/C9H12F3N3/c10-9(11,12)5-15-6-13-3-8(15)4-14-7-1-2-7/h3,6-7,14H,1-2,4-5H2. The van der Waals surface area contributed by atoms with E-state index >= 15 is 0 Å². The van der Waals surface area contributed by atoms with Gasteiger partial charge >= 0.3 is 6.18 Å². The number of nitrogens with zero attached hydrogens (tertiary/aromatic N) is 2. The molecule has 1 saturated carbocycles. The molecule has 0 radical (unpaired) electrons. The summed E-state index contributed by atoms with van der Waals surface area (Å²) in [5.41, 5.74) is 0.583. The van der Waals surface area contributed by atoms with E-state index in [-0.39, 0.29) is 0 Å². The Bertz CT molecular complexity index is 328. The third-order valence-corrected chi connectivity index (χ3v) is 2.30. The highest BCUT2D eigenvalue weighted by atomic mass is 19.4. The van der Waals surface area contributed by atoms with Crippen molar-refractivity contribution in [2.24, 2.45) is 0 Å². The van der Waals surface area contributed by atoms with Crippen molar-refractivity contribution in [3.8, 4) is 0 Å². The van der Waals surface area contributed by atoms with E-state index in [0.717, 1.165) is 17.4 Å². The maximum atomic E-state index is 12.1. The summed E-state index contributed by atoms with van der Waals surface area (Å²) in [7, 11) is 0. The van der Waals surface area contributed by atoms with Crippen molar-refractivity contribution in [3.05, 3.63) is 18.2 Å². The molecule has 0 aromatic carbocycles. The van der Waals surface area contributed by atoms with Gasteiger partial charge in [0.2, 0.25) is 0 Å². The predicted octanol–water partition coefficient (Wildman–Crippen LogP) is 1.70. The summed E-state index contributed by atoms with van der Waals surface area (Å²) in [5, 5.41) is 3.16. The normalized spacial score (nSPS) is 17.0. The molecule has 0 unspecified atom stereocenters. The van der Waals surface area contributed by atoms with E-state index < -0.39 is 12.7 Å². The van der Waals surface area contributed by atoms with Gasteiger partial charge in [-0.15, -0.1) is 0 Å². The van der Waals surface area contributed by atoms with Crippen LogP contribution in [-0.2, 0) is 13.1 Å². The van der Waals surface area contributed by atoms with Crippen LogP contribution in [0.1, 0.15) is 18.5 Å². The van der Waals surface area contributed by atoms with E-state index in [9.17, 15) is 13.2 Å². The first-order valence-corrected chi connectivity index (χ1v) is 4.84. The Hall–Kier alpha value is -1.04. The third kappa shape index (κ3) is 3.23. The van der Waals surface area contributed by atoms with Gasteiger partial charge in [0.1, 0.15) is 6.54 Å². The Morgan fingerprint density at radius 2 is 2.20 bits per heavy atom. The average molecular weight is 219 g/mol. The molecule has 0 amide bonds. The van der Waals surface area contributed by atoms with Crippen LogP contribution in [0.3, 0.4) is 0 Å². The topological polar surface area (TPSA) is 29.9 Å². The quantitative estimate of drug-likeness (QED) is 0.835.